The summed E-state index contributed by atoms with van der Waals surface area (Å²) in [6, 6.07) is 14.0. The Labute approximate surface area is 131 Å². The first-order valence-corrected chi connectivity index (χ1v) is 6.92. The zero-order valence-electron chi connectivity index (χ0n) is 11.7. The maximum Gasteiger partial charge on any atom is 0.256 e. The highest BCUT2D eigenvalue weighted by molar-refractivity contribution is 6.29. The summed E-state index contributed by atoms with van der Waals surface area (Å²) in [6.45, 7) is 0. The number of carbonyl (C=O) groups is 1. The van der Waals surface area contributed by atoms with Crippen LogP contribution in [0.15, 0.2) is 48.5 Å². The van der Waals surface area contributed by atoms with Crippen molar-refractivity contribution in [2.45, 2.75) is 0 Å². The van der Waals surface area contributed by atoms with E-state index in [1.54, 1.807) is 43.5 Å². The van der Waals surface area contributed by atoms with Gasteiger partial charge in [0, 0.05) is 10.9 Å². The van der Waals surface area contributed by atoms with Crippen molar-refractivity contribution < 1.29 is 9.53 Å². The Bertz CT molecular complexity index is 852. The maximum atomic E-state index is 12.2. The van der Waals surface area contributed by atoms with Crippen molar-refractivity contribution in [3.8, 4) is 5.75 Å². The van der Waals surface area contributed by atoms with Crippen molar-refractivity contribution in [3.63, 3.8) is 0 Å². The minimum absolute atomic E-state index is 0.271. The third-order valence-electron chi connectivity index (χ3n) is 3.09. The summed E-state index contributed by atoms with van der Waals surface area (Å²) in [4.78, 5) is 20.6. The third kappa shape index (κ3) is 2.99. The lowest BCUT2D eigenvalue weighted by Crippen LogP contribution is -2.13. The van der Waals surface area contributed by atoms with Gasteiger partial charge in [0.1, 0.15) is 16.7 Å². The monoisotopic (exact) mass is 313 g/mol. The Balaban J connectivity index is 1.87. The van der Waals surface area contributed by atoms with E-state index in [0.29, 0.717) is 27.9 Å². The predicted molar refractivity (Wildman–Crippen MR) is 85.5 cm³/mol. The molecule has 110 valence electrons. The summed E-state index contributed by atoms with van der Waals surface area (Å²) >= 11 is 5.85. The van der Waals surface area contributed by atoms with Crippen LogP contribution in [-0.4, -0.2) is 23.0 Å². The van der Waals surface area contributed by atoms with Crippen LogP contribution in [0.2, 0.25) is 5.15 Å². The highest BCUT2D eigenvalue weighted by Crippen LogP contribution is 2.18. The van der Waals surface area contributed by atoms with E-state index in [-0.39, 0.29) is 5.91 Å². The van der Waals surface area contributed by atoms with Gasteiger partial charge in [0.2, 0.25) is 0 Å². The largest absolute Gasteiger partial charge is 0.497 e. The van der Waals surface area contributed by atoms with Gasteiger partial charge in [0.05, 0.1) is 7.11 Å². The van der Waals surface area contributed by atoms with Crippen LogP contribution in [0.5, 0.6) is 5.75 Å². The van der Waals surface area contributed by atoms with E-state index in [9.17, 15) is 4.79 Å². The number of nitrogens with one attached hydrogen (secondary N) is 1. The highest BCUT2D eigenvalue weighted by atomic mass is 35.5. The second-order valence-electron chi connectivity index (χ2n) is 4.56. The van der Waals surface area contributed by atoms with Crippen LogP contribution in [0.3, 0.4) is 0 Å². The molecule has 2 heterocycles. The lowest BCUT2D eigenvalue weighted by atomic mass is 10.2. The fraction of sp³-hybridized carbons (Fsp3) is 0.0625. The molecule has 5 nitrogen and oxygen atoms in total. The molecule has 0 atom stereocenters. The van der Waals surface area contributed by atoms with E-state index >= 15 is 0 Å². The number of methoxy groups -OCH3 is 1. The van der Waals surface area contributed by atoms with Crippen LogP contribution in [-0.2, 0) is 0 Å². The molecule has 0 unspecified atom stereocenters. The van der Waals surface area contributed by atoms with Gasteiger partial charge in [-0.2, -0.15) is 0 Å². The molecule has 0 saturated carbocycles. The summed E-state index contributed by atoms with van der Waals surface area (Å²) < 4.78 is 5.11. The Hall–Kier alpha value is -2.66. The van der Waals surface area contributed by atoms with E-state index in [2.05, 4.69) is 15.3 Å². The number of pyridine rings is 2. The summed E-state index contributed by atoms with van der Waals surface area (Å²) in [5.41, 5.74) is 0.969. The molecular weight excluding hydrogens is 302 g/mol. The van der Waals surface area contributed by atoms with Crippen LogP contribution < -0.4 is 10.1 Å². The number of hydrogen-bond donors (Lipinski definition) is 1. The van der Waals surface area contributed by atoms with Gasteiger partial charge in [0.15, 0.2) is 5.65 Å². The van der Waals surface area contributed by atoms with E-state index in [4.69, 9.17) is 16.3 Å². The Kier molecular flexibility index (Phi) is 3.89. The Morgan fingerprint density at radius 1 is 1.14 bits per heavy atom. The molecular formula is C16H12ClN3O2. The van der Waals surface area contributed by atoms with Gasteiger partial charge >= 0.3 is 0 Å². The number of benzene rings is 1. The molecule has 0 radical (unpaired) electrons. The van der Waals surface area contributed by atoms with Gasteiger partial charge < -0.3 is 10.1 Å². The number of ether oxygens (including phenoxy) is 1. The first-order chi connectivity index (χ1) is 10.7. The molecule has 0 aliphatic carbocycles. The highest BCUT2D eigenvalue weighted by Gasteiger charge is 2.09. The van der Waals surface area contributed by atoms with Crippen LogP contribution in [0.4, 0.5) is 5.82 Å². The molecule has 0 fully saturated rings. The third-order valence-corrected chi connectivity index (χ3v) is 3.30. The van der Waals surface area contributed by atoms with Gasteiger partial charge in [-0.25, -0.2) is 9.97 Å². The summed E-state index contributed by atoms with van der Waals surface area (Å²) in [7, 11) is 1.55. The Morgan fingerprint density at radius 2 is 1.95 bits per heavy atom. The number of aromatic nitrogens is 2. The molecule has 0 spiro atoms. The number of hydrogen-bond acceptors (Lipinski definition) is 4. The zero-order chi connectivity index (χ0) is 15.5. The fourth-order valence-electron chi connectivity index (χ4n) is 2.00. The maximum absolute atomic E-state index is 12.2. The molecule has 1 N–H and O–H groups in total. The lowest BCUT2D eigenvalue weighted by Gasteiger charge is -2.07. The van der Waals surface area contributed by atoms with E-state index < -0.39 is 0 Å². The summed E-state index contributed by atoms with van der Waals surface area (Å²) in [5, 5.41) is 3.94. The second-order valence-corrected chi connectivity index (χ2v) is 4.95. The molecule has 3 aromatic rings. The zero-order valence-corrected chi connectivity index (χ0v) is 12.5. The number of nitrogens with zero attached hydrogens (tertiary/aromatic N) is 2. The molecule has 22 heavy (non-hydrogen) atoms. The number of anilines is 1. The van der Waals surface area contributed by atoms with Gasteiger partial charge in [-0.05, 0) is 42.5 Å². The average Bonchev–Trinajstić information content (AvgIpc) is 2.54. The van der Waals surface area contributed by atoms with Crippen molar-refractivity contribution in [2.24, 2.45) is 0 Å². The number of carbonyl (C=O) groups excluding carboxylic acids is 1. The Morgan fingerprint density at radius 3 is 2.77 bits per heavy atom. The first kappa shape index (κ1) is 14.3. The smallest absolute Gasteiger partial charge is 0.256 e. The van der Waals surface area contributed by atoms with Gasteiger partial charge in [-0.1, -0.05) is 17.7 Å². The lowest BCUT2D eigenvalue weighted by molar-refractivity contribution is 0.102. The number of amides is 1. The number of rotatable bonds is 3. The average molecular weight is 314 g/mol. The van der Waals surface area contributed by atoms with Crippen LogP contribution in [0.25, 0.3) is 11.0 Å². The molecule has 1 aromatic carbocycles. The normalized spacial score (nSPS) is 10.5. The van der Waals surface area contributed by atoms with Crippen molar-refractivity contribution in [3.05, 3.63) is 59.2 Å². The molecule has 0 aliphatic rings. The molecule has 0 saturated heterocycles. The van der Waals surface area contributed by atoms with E-state index in [1.165, 1.54) is 0 Å². The summed E-state index contributed by atoms with van der Waals surface area (Å²) in [5.74, 6) is 0.760. The number of fused-ring (bicyclic) bond motifs is 1. The van der Waals surface area contributed by atoms with Crippen molar-refractivity contribution in [2.75, 3.05) is 12.4 Å². The minimum atomic E-state index is -0.271. The minimum Gasteiger partial charge on any atom is -0.497 e. The number of halogens is 1. The topological polar surface area (TPSA) is 64.1 Å². The molecule has 2 aromatic heterocycles. The van der Waals surface area contributed by atoms with Gasteiger partial charge in [0.25, 0.3) is 5.91 Å². The second kappa shape index (κ2) is 5.99. The van der Waals surface area contributed by atoms with Crippen LogP contribution >= 0.6 is 11.6 Å². The molecule has 6 heteroatoms. The van der Waals surface area contributed by atoms with Crippen LogP contribution in [0, 0.1) is 0 Å². The molecule has 0 aliphatic heterocycles. The SMILES string of the molecule is COc1cccc(C(=O)Nc2ccc3ccc(Cl)nc3n2)c1. The summed E-state index contributed by atoms with van der Waals surface area (Å²) in [6.07, 6.45) is 0. The predicted octanol–water partition coefficient (Wildman–Crippen LogP) is 3.54. The van der Waals surface area contributed by atoms with Crippen molar-refractivity contribution in [1.82, 2.24) is 9.97 Å². The molecule has 3 rings (SSSR count). The molecule has 0 bridgehead atoms. The van der Waals surface area contributed by atoms with E-state index in [0.717, 1.165) is 5.39 Å². The molecule has 1 amide bonds. The first-order valence-electron chi connectivity index (χ1n) is 6.54. The van der Waals surface area contributed by atoms with E-state index in [1.807, 2.05) is 12.1 Å². The quantitative estimate of drug-likeness (QED) is 0.751. The fourth-order valence-corrected chi connectivity index (χ4v) is 2.14. The van der Waals surface area contributed by atoms with Crippen molar-refractivity contribution in [1.29, 1.82) is 0 Å². The van der Waals surface area contributed by atoms with Gasteiger partial charge in [-0.3, -0.25) is 4.79 Å². The van der Waals surface area contributed by atoms with Gasteiger partial charge in [-0.15, -0.1) is 0 Å². The standard InChI is InChI=1S/C16H12ClN3O2/c1-22-12-4-2-3-11(9-12)16(21)20-14-8-6-10-5-7-13(17)18-15(10)19-14/h2-9H,1H3,(H,18,19,20,21). The van der Waals surface area contributed by atoms with Crippen LogP contribution in [0.1, 0.15) is 10.4 Å². The van der Waals surface area contributed by atoms with Crippen molar-refractivity contribution >= 4 is 34.4 Å².